The average Bonchev–Trinajstić information content (AvgIpc) is 2.45. The summed E-state index contributed by atoms with van der Waals surface area (Å²) in [6.07, 6.45) is 2.46. The second kappa shape index (κ2) is 8.47. The van der Waals surface area contributed by atoms with Crippen LogP contribution in [0.5, 0.6) is 0 Å². The van der Waals surface area contributed by atoms with Gasteiger partial charge in [0.15, 0.2) is 0 Å². The van der Waals surface area contributed by atoms with Crippen molar-refractivity contribution in [3.8, 4) is 0 Å². The van der Waals surface area contributed by atoms with Crippen LogP contribution in [0.1, 0.15) is 30.8 Å². The van der Waals surface area contributed by atoms with Gasteiger partial charge in [0.25, 0.3) is 5.91 Å². The molecule has 0 spiro atoms. The molecular weight excluding hydrogens is 254 g/mol. The Morgan fingerprint density at radius 1 is 1.25 bits per heavy atom. The third kappa shape index (κ3) is 5.13. The highest BCUT2D eigenvalue weighted by atomic mass is 16.2. The Hall–Kier alpha value is -1.69. The molecule has 0 saturated heterocycles. The number of carbonyl (C=O) groups is 1. The lowest BCUT2D eigenvalue weighted by molar-refractivity contribution is 0.0767. The molecule has 0 radical (unpaired) electrons. The first kappa shape index (κ1) is 16.4. The van der Waals surface area contributed by atoms with Crippen LogP contribution >= 0.6 is 0 Å². The van der Waals surface area contributed by atoms with E-state index in [2.05, 4.69) is 20.2 Å². The highest BCUT2D eigenvalue weighted by molar-refractivity contribution is 5.92. The molecule has 0 fully saturated rings. The van der Waals surface area contributed by atoms with Gasteiger partial charge in [-0.25, -0.2) is 9.97 Å². The molecule has 1 aromatic heterocycles. The summed E-state index contributed by atoms with van der Waals surface area (Å²) in [7, 11) is 4.09. The number of amides is 1. The topological polar surface area (TPSA) is 61.4 Å². The molecule has 0 atom stereocenters. The smallest absolute Gasteiger partial charge is 0.272 e. The first-order chi connectivity index (χ1) is 9.58. The fraction of sp³-hybridized carbons (Fsp3) is 0.643. The summed E-state index contributed by atoms with van der Waals surface area (Å²) in [6.45, 7) is 7.14. The highest BCUT2D eigenvalue weighted by Crippen LogP contribution is 2.07. The third-order valence-electron chi connectivity index (χ3n) is 3.03. The average molecular weight is 279 g/mol. The Labute approximate surface area is 121 Å². The van der Waals surface area contributed by atoms with Crippen LogP contribution in [-0.4, -0.2) is 65.9 Å². The van der Waals surface area contributed by atoms with E-state index in [4.69, 9.17) is 0 Å². The normalized spacial score (nSPS) is 10.7. The fourth-order valence-electron chi connectivity index (χ4n) is 1.86. The second-order valence-corrected chi connectivity index (χ2v) is 4.85. The molecule has 20 heavy (non-hydrogen) atoms. The zero-order chi connectivity index (χ0) is 15.0. The number of aromatic nitrogens is 2. The van der Waals surface area contributed by atoms with Gasteiger partial charge in [-0.2, -0.15) is 0 Å². The molecule has 6 heteroatoms. The zero-order valence-electron chi connectivity index (χ0n) is 12.9. The van der Waals surface area contributed by atoms with Gasteiger partial charge in [-0.15, -0.1) is 0 Å². The van der Waals surface area contributed by atoms with E-state index in [1.165, 1.54) is 6.33 Å². The number of anilines is 1. The minimum atomic E-state index is -0.0475. The van der Waals surface area contributed by atoms with Crippen molar-refractivity contribution in [3.05, 3.63) is 18.1 Å². The first-order valence-electron chi connectivity index (χ1n) is 7.08. The van der Waals surface area contributed by atoms with Gasteiger partial charge in [0, 0.05) is 25.7 Å². The van der Waals surface area contributed by atoms with Crippen LogP contribution in [0.4, 0.5) is 5.82 Å². The van der Waals surface area contributed by atoms with E-state index >= 15 is 0 Å². The molecule has 6 nitrogen and oxygen atoms in total. The number of nitrogens with zero attached hydrogens (tertiary/aromatic N) is 4. The quantitative estimate of drug-likeness (QED) is 0.727. The molecule has 1 amide bonds. The van der Waals surface area contributed by atoms with E-state index in [0.29, 0.717) is 24.6 Å². The standard InChI is InChI=1S/C14H25N5O/c1-5-19(6-2)14(20)12-10-13(17-11-16-12)15-8-7-9-18(3)4/h10-11H,5-9H2,1-4H3,(H,15,16,17). The fourth-order valence-corrected chi connectivity index (χ4v) is 1.86. The maximum absolute atomic E-state index is 12.2. The minimum absolute atomic E-state index is 0.0475. The number of nitrogens with one attached hydrogen (secondary N) is 1. The monoisotopic (exact) mass is 279 g/mol. The second-order valence-electron chi connectivity index (χ2n) is 4.85. The van der Waals surface area contributed by atoms with Crippen LogP contribution in [0.2, 0.25) is 0 Å². The van der Waals surface area contributed by atoms with Crippen molar-refractivity contribution in [3.63, 3.8) is 0 Å². The predicted molar refractivity (Wildman–Crippen MR) is 80.9 cm³/mol. The Balaban J connectivity index is 2.59. The molecule has 1 N–H and O–H groups in total. The molecule has 112 valence electrons. The third-order valence-corrected chi connectivity index (χ3v) is 3.03. The number of hydrogen-bond acceptors (Lipinski definition) is 5. The molecular formula is C14H25N5O. The van der Waals surface area contributed by atoms with Crippen LogP contribution < -0.4 is 5.32 Å². The molecule has 0 unspecified atom stereocenters. The predicted octanol–water partition coefficient (Wildman–Crippen LogP) is 1.32. The van der Waals surface area contributed by atoms with Gasteiger partial charge in [0.1, 0.15) is 17.8 Å². The van der Waals surface area contributed by atoms with Crippen molar-refractivity contribution in [2.24, 2.45) is 0 Å². The largest absolute Gasteiger partial charge is 0.370 e. The summed E-state index contributed by atoms with van der Waals surface area (Å²) >= 11 is 0. The van der Waals surface area contributed by atoms with E-state index in [0.717, 1.165) is 19.5 Å². The van der Waals surface area contributed by atoms with E-state index in [-0.39, 0.29) is 5.91 Å². The van der Waals surface area contributed by atoms with Crippen LogP contribution in [0.3, 0.4) is 0 Å². The van der Waals surface area contributed by atoms with Crippen LogP contribution in [0, 0.1) is 0 Å². The maximum atomic E-state index is 12.2. The Morgan fingerprint density at radius 3 is 2.55 bits per heavy atom. The summed E-state index contributed by atoms with van der Waals surface area (Å²) < 4.78 is 0. The van der Waals surface area contributed by atoms with Crippen molar-refractivity contribution in [1.82, 2.24) is 19.8 Å². The number of rotatable bonds is 8. The van der Waals surface area contributed by atoms with Gasteiger partial charge < -0.3 is 15.1 Å². The summed E-state index contributed by atoms with van der Waals surface area (Å²) in [5.74, 6) is 0.656. The van der Waals surface area contributed by atoms with Gasteiger partial charge in [-0.3, -0.25) is 4.79 Å². The molecule has 1 heterocycles. The van der Waals surface area contributed by atoms with E-state index in [9.17, 15) is 4.79 Å². The molecule has 0 saturated carbocycles. The Kier molecular flexibility index (Phi) is 6.93. The van der Waals surface area contributed by atoms with Crippen LogP contribution in [0.15, 0.2) is 12.4 Å². The van der Waals surface area contributed by atoms with Gasteiger partial charge in [-0.05, 0) is 40.9 Å². The lowest BCUT2D eigenvalue weighted by Crippen LogP contribution is -2.31. The number of carbonyl (C=O) groups excluding carboxylic acids is 1. The van der Waals surface area contributed by atoms with Crippen LogP contribution in [-0.2, 0) is 0 Å². The number of hydrogen-bond donors (Lipinski definition) is 1. The maximum Gasteiger partial charge on any atom is 0.272 e. The molecule has 0 bridgehead atoms. The van der Waals surface area contributed by atoms with Gasteiger partial charge >= 0.3 is 0 Å². The molecule has 0 aliphatic heterocycles. The summed E-state index contributed by atoms with van der Waals surface area (Å²) in [4.78, 5) is 24.3. The minimum Gasteiger partial charge on any atom is -0.370 e. The van der Waals surface area contributed by atoms with Gasteiger partial charge in [0.2, 0.25) is 0 Å². The summed E-state index contributed by atoms with van der Waals surface area (Å²) in [5.41, 5.74) is 0.443. The van der Waals surface area contributed by atoms with Crippen molar-refractivity contribution < 1.29 is 4.79 Å². The molecule has 0 aliphatic rings. The Morgan fingerprint density at radius 2 is 1.95 bits per heavy atom. The highest BCUT2D eigenvalue weighted by Gasteiger charge is 2.14. The molecule has 1 aromatic rings. The van der Waals surface area contributed by atoms with Crippen molar-refractivity contribution in [2.45, 2.75) is 20.3 Å². The summed E-state index contributed by atoms with van der Waals surface area (Å²) in [5, 5.41) is 3.22. The van der Waals surface area contributed by atoms with Gasteiger partial charge in [-0.1, -0.05) is 0 Å². The zero-order valence-corrected chi connectivity index (χ0v) is 12.9. The lowest BCUT2D eigenvalue weighted by Gasteiger charge is -2.18. The molecule has 0 aromatic carbocycles. The first-order valence-corrected chi connectivity index (χ1v) is 7.08. The van der Waals surface area contributed by atoms with Crippen molar-refractivity contribution in [1.29, 1.82) is 0 Å². The van der Waals surface area contributed by atoms with Gasteiger partial charge in [0.05, 0.1) is 0 Å². The van der Waals surface area contributed by atoms with Crippen LogP contribution in [0.25, 0.3) is 0 Å². The lowest BCUT2D eigenvalue weighted by atomic mass is 10.3. The van der Waals surface area contributed by atoms with E-state index in [1.807, 2.05) is 27.9 Å². The van der Waals surface area contributed by atoms with Crippen molar-refractivity contribution in [2.75, 3.05) is 45.6 Å². The molecule has 1 rings (SSSR count). The van der Waals surface area contributed by atoms with Crippen molar-refractivity contribution >= 4 is 11.7 Å². The summed E-state index contributed by atoms with van der Waals surface area (Å²) in [6, 6.07) is 1.72. The SMILES string of the molecule is CCN(CC)C(=O)c1cc(NCCCN(C)C)ncn1. The molecule has 0 aliphatic carbocycles. The van der Waals surface area contributed by atoms with E-state index < -0.39 is 0 Å². The van der Waals surface area contributed by atoms with E-state index in [1.54, 1.807) is 11.0 Å². The Bertz CT molecular complexity index is 418.